The molecule has 1 saturated carbocycles. The fourth-order valence-corrected chi connectivity index (χ4v) is 2.71. The first-order valence-corrected chi connectivity index (χ1v) is 9.35. The molecule has 1 aliphatic carbocycles. The Hall–Kier alpha value is -2.58. The molecule has 1 fully saturated rings. The summed E-state index contributed by atoms with van der Waals surface area (Å²) in [6, 6.07) is 0. The second-order valence-corrected chi connectivity index (χ2v) is 7.28. The van der Waals surface area contributed by atoms with Crippen molar-refractivity contribution in [3.8, 4) is 0 Å². The minimum Gasteiger partial charge on any atom is -0.455 e. The van der Waals surface area contributed by atoms with Gasteiger partial charge in [-0.3, -0.25) is 23.9 Å². The predicted octanol–water partition coefficient (Wildman–Crippen LogP) is 0.861. The van der Waals surface area contributed by atoms with Crippen molar-refractivity contribution in [1.82, 2.24) is 9.55 Å². The van der Waals surface area contributed by atoms with E-state index in [1.165, 1.54) is 9.47 Å². The van der Waals surface area contributed by atoms with Gasteiger partial charge in [0.15, 0.2) is 12.3 Å². The second-order valence-electron chi connectivity index (χ2n) is 7.28. The zero-order valence-corrected chi connectivity index (χ0v) is 16.1. The van der Waals surface area contributed by atoms with E-state index in [2.05, 4.69) is 4.98 Å². The predicted molar refractivity (Wildman–Crippen MR) is 102 cm³/mol. The Labute approximate surface area is 157 Å². The molecular formula is C18H28N4O5. The summed E-state index contributed by atoms with van der Waals surface area (Å²) in [6.45, 7) is 5.86. The molecule has 2 rings (SSSR count). The van der Waals surface area contributed by atoms with Crippen molar-refractivity contribution in [1.29, 1.82) is 0 Å². The highest BCUT2D eigenvalue weighted by Gasteiger charge is 2.32. The van der Waals surface area contributed by atoms with Gasteiger partial charge in [-0.05, 0) is 25.2 Å². The number of aromatic amines is 1. The third-order valence-corrected chi connectivity index (χ3v) is 4.32. The third kappa shape index (κ3) is 5.21. The van der Waals surface area contributed by atoms with Gasteiger partial charge < -0.3 is 15.4 Å². The molecule has 0 radical (unpaired) electrons. The monoisotopic (exact) mass is 380 g/mol. The van der Waals surface area contributed by atoms with Crippen molar-refractivity contribution in [2.45, 2.75) is 53.0 Å². The number of aromatic nitrogens is 2. The normalized spacial score (nSPS) is 13.6. The highest BCUT2D eigenvalue weighted by molar-refractivity contribution is 5.97. The highest BCUT2D eigenvalue weighted by atomic mass is 16.5. The number of nitrogen functional groups attached to an aromatic ring is 1. The number of ether oxygens (including phenoxy) is 1. The van der Waals surface area contributed by atoms with Crippen molar-refractivity contribution >= 4 is 23.4 Å². The van der Waals surface area contributed by atoms with Gasteiger partial charge in [0.1, 0.15) is 5.82 Å². The van der Waals surface area contributed by atoms with Gasteiger partial charge in [-0.15, -0.1) is 0 Å². The largest absolute Gasteiger partial charge is 0.455 e. The van der Waals surface area contributed by atoms with Crippen LogP contribution in [-0.2, 0) is 20.9 Å². The fourth-order valence-electron chi connectivity index (χ4n) is 2.71. The Morgan fingerprint density at radius 2 is 2.00 bits per heavy atom. The Morgan fingerprint density at radius 1 is 1.33 bits per heavy atom. The Morgan fingerprint density at radius 3 is 2.56 bits per heavy atom. The first-order valence-electron chi connectivity index (χ1n) is 9.35. The molecule has 1 aromatic heterocycles. The van der Waals surface area contributed by atoms with Gasteiger partial charge in [0, 0.05) is 13.1 Å². The number of nitrogens with zero attached hydrogens (tertiary/aromatic N) is 2. The lowest BCUT2D eigenvalue weighted by Crippen LogP contribution is -2.43. The maximum Gasteiger partial charge on any atom is 0.330 e. The summed E-state index contributed by atoms with van der Waals surface area (Å²) in [6.07, 6.45) is 2.97. The Balaban J connectivity index is 2.33. The number of nitrogens with one attached hydrogen (secondary N) is 1. The number of anilines is 2. The number of carbonyl (C=O) groups is 2. The van der Waals surface area contributed by atoms with Crippen LogP contribution in [-0.4, -0.2) is 34.6 Å². The number of nitrogens with two attached hydrogens (primary N) is 1. The van der Waals surface area contributed by atoms with Crippen molar-refractivity contribution < 1.29 is 14.3 Å². The van der Waals surface area contributed by atoms with E-state index in [-0.39, 0.29) is 29.9 Å². The van der Waals surface area contributed by atoms with E-state index in [0.29, 0.717) is 13.0 Å². The van der Waals surface area contributed by atoms with Gasteiger partial charge in [0.2, 0.25) is 0 Å². The average Bonchev–Trinajstić information content (AvgIpc) is 3.43. The summed E-state index contributed by atoms with van der Waals surface area (Å²) in [5, 5.41) is 0. The van der Waals surface area contributed by atoms with Gasteiger partial charge in [-0.1, -0.05) is 27.2 Å². The third-order valence-electron chi connectivity index (χ3n) is 4.32. The summed E-state index contributed by atoms with van der Waals surface area (Å²) in [4.78, 5) is 52.3. The number of hydrogen-bond acceptors (Lipinski definition) is 6. The van der Waals surface area contributed by atoms with E-state index in [4.69, 9.17) is 10.5 Å². The molecule has 0 spiro atoms. The lowest BCUT2D eigenvalue weighted by molar-refractivity contribution is -0.149. The topological polar surface area (TPSA) is 127 Å². The molecule has 3 N–H and O–H groups in total. The minimum atomic E-state index is -0.726. The van der Waals surface area contributed by atoms with Gasteiger partial charge in [-0.2, -0.15) is 0 Å². The minimum absolute atomic E-state index is 0.0598. The quantitative estimate of drug-likeness (QED) is 0.612. The van der Waals surface area contributed by atoms with Crippen LogP contribution in [0.25, 0.3) is 0 Å². The molecule has 0 bridgehead atoms. The van der Waals surface area contributed by atoms with Crippen LogP contribution < -0.4 is 21.9 Å². The summed E-state index contributed by atoms with van der Waals surface area (Å²) in [5.41, 5.74) is 4.69. The number of unbranched alkanes of at least 4 members (excludes halogenated alkanes) is 1. The number of rotatable bonds is 9. The van der Waals surface area contributed by atoms with Crippen molar-refractivity contribution in [2.24, 2.45) is 11.8 Å². The molecule has 1 amide bonds. The molecular weight excluding hydrogens is 352 g/mol. The van der Waals surface area contributed by atoms with Gasteiger partial charge in [-0.25, -0.2) is 4.79 Å². The molecule has 0 aromatic carbocycles. The maximum atomic E-state index is 12.7. The molecule has 0 atom stereocenters. The van der Waals surface area contributed by atoms with Crippen LogP contribution in [0.1, 0.15) is 46.5 Å². The molecule has 0 saturated heterocycles. The molecule has 9 heteroatoms. The SMILES string of the molecule is CCCCN(C(=O)COC(=O)C1CC1)c1c(N)n(CC(C)C)c(=O)[nH]c1=O. The highest BCUT2D eigenvalue weighted by Crippen LogP contribution is 2.30. The van der Waals surface area contributed by atoms with Crippen LogP contribution >= 0.6 is 0 Å². The van der Waals surface area contributed by atoms with Crippen LogP contribution in [0.4, 0.5) is 11.5 Å². The van der Waals surface area contributed by atoms with Gasteiger partial charge in [0.25, 0.3) is 11.5 Å². The summed E-state index contributed by atoms with van der Waals surface area (Å²) >= 11 is 0. The molecule has 1 heterocycles. The average molecular weight is 380 g/mol. The van der Waals surface area contributed by atoms with Crippen LogP contribution in [0.5, 0.6) is 0 Å². The Kier molecular flexibility index (Phi) is 6.81. The molecule has 9 nitrogen and oxygen atoms in total. The molecule has 0 unspecified atom stereocenters. The Bertz CT molecular complexity index is 807. The zero-order valence-electron chi connectivity index (χ0n) is 16.1. The number of carbonyl (C=O) groups excluding carboxylic acids is 2. The first kappa shape index (κ1) is 20.7. The van der Waals surface area contributed by atoms with E-state index in [1.807, 2.05) is 20.8 Å². The number of H-pyrrole nitrogens is 1. The van der Waals surface area contributed by atoms with Crippen LogP contribution in [0.2, 0.25) is 0 Å². The van der Waals surface area contributed by atoms with E-state index in [9.17, 15) is 19.2 Å². The van der Waals surface area contributed by atoms with Crippen LogP contribution in [0.15, 0.2) is 9.59 Å². The summed E-state index contributed by atoms with van der Waals surface area (Å²) < 4.78 is 6.31. The van der Waals surface area contributed by atoms with Crippen LogP contribution in [0, 0.1) is 11.8 Å². The molecule has 150 valence electrons. The molecule has 0 aliphatic heterocycles. The van der Waals surface area contributed by atoms with Gasteiger partial charge >= 0.3 is 11.7 Å². The van der Waals surface area contributed by atoms with Crippen LogP contribution in [0.3, 0.4) is 0 Å². The van der Waals surface area contributed by atoms with Crippen molar-refractivity contribution in [3.63, 3.8) is 0 Å². The van der Waals surface area contributed by atoms with Crippen molar-refractivity contribution in [3.05, 3.63) is 20.8 Å². The zero-order chi connectivity index (χ0) is 20.1. The number of esters is 1. The lowest BCUT2D eigenvalue weighted by Gasteiger charge is -2.24. The first-order chi connectivity index (χ1) is 12.8. The fraction of sp³-hybridized carbons (Fsp3) is 0.667. The van der Waals surface area contributed by atoms with Crippen molar-refractivity contribution in [2.75, 3.05) is 23.8 Å². The molecule has 1 aromatic rings. The van der Waals surface area contributed by atoms with E-state index in [1.54, 1.807) is 0 Å². The number of amides is 1. The standard InChI is InChI=1S/C18H28N4O5/c1-4-5-8-21(13(23)10-27-17(25)12-6-7-12)14-15(19)22(9-11(2)3)18(26)20-16(14)24/h11-12H,4-10,19H2,1-3H3,(H,20,24,26). The second kappa shape index (κ2) is 8.88. The maximum absolute atomic E-state index is 12.7. The smallest absolute Gasteiger partial charge is 0.330 e. The van der Waals surface area contributed by atoms with Gasteiger partial charge in [0.05, 0.1) is 5.92 Å². The molecule has 27 heavy (non-hydrogen) atoms. The molecule has 1 aliphatic rings. The lowest BCUT2D eigenvalue weighted by atomic mass is 10.2. The van der Waals surface area contributed by atoms with E-state index < -0.39 is 29.7 Å². The van der Waals surface area contributed by atoms with E-state index >= 15 is 0 Å². The number of hydrogen-bond donors (Lipinski definition) is 2. The van der Waals surface area contributed by atoms with E-state index in [0.717, 1.165) is 19.3 Å². The summed E-state index contributed by atoms with van der Waals surface area (Å²) in [7, 11) is 0. The summed E-state index contributed by atoms with van der Waals surface area (Å²) in [5.74, 6) is -1.00.